The van der Waals surface area contributed by atoms with E-state index < -0.39 is 0 Å². The van der Waals surface area contributed by atoms with Crippen molar-refractivity contribution in [2.75, 3.05) is 39.1 Å². The number of amides is 1. The molecule has 1 atom stereocenters. The van der Waals surface area contributed by atoms with Crippen molar-refractivity contribution in [1.82, 2.24) is 20.2 Å². The highest BCUT2D eigenvalue weighted by molar-refractivity contribution is 7.99. The molecule has 1 fully saturated rings. The van der Waals surface area contributed by atoms with Gasteiger partial charge in [0.2, 0.25) is 5.91 Å². The molecule has 1 aromatic heterocycles. The van der Waals surface area contributed by atoms with E-state index in [4.69, 9.17) is 9.47 Å². The summed E-state index contributed by atoms with van der Waals surface area (Å²) in [7, 11) is 1.63. The number of imidazole rings is 1. The lowest BCUT2D eigenvalue weighted by molar-refractivity contribution is -0.119. The number of rotatable bonds is 8. The normalized spacial score (nSPS) is 17.2. The second-order valence-electron chi connectivity index (χ2n) is 7.23. The first kappa shape index (κ1) is 20.7. The van der Waals surface area contributed by atoms with Gasteiger partial charge in [0.15, 0.2) is 5.16 Å². The van der Waals surface area contributed by atoms with Crippen LogP contribution in [0.5, 0.6) is 5.75 Å². The molecule has 0 unspecified atom stereocenters. The summed E-state index contributed by atoms with van der Waals surface area (Å²) in [5, 5.41) is 3.70. The van der Waals surface area contributed by atoms with Crippen molar-refractivity contribution in [3.8, 4) is 5.75 Å². The average molecular weight is 427 g/mol. The van der Waals surface area contributed by atoms with Crippen LogP contribution in [-0.2, 0) is 16.1 Å². The molecule has 0 saturated carbocycles. The zero-order valence-corrected chi connectivity index (χ0v) is 17.8. The fourth-order valence-corrected chi connectivity index (χ4v) is 4.18. The van der Waals surface area contributed by atoms with E-state index in [1.54, 1.807) is 7.11 Å². The lowest BCUT2D eigenvalue weighted by atomic mass is 10.2. The fourth-order valence-electron chi connectivity index (χ4n) is 3.46. The van der Waals surface area contributed by atoms with Crippen LogP contribution in [0.25, 0.3) is 11.0 Å². The van der Waals surface area contributed by atoms with Gasteiger partial charge >= 0.3 is 0 Å². The van der Waals surface area contributed by atoms with Crippen LogP contribution in [0.15, 0.2) is 53.7 Å². The number of carbonyl (C=O) groups is 1. The maximum atomic E-state index is 12.3. The van der Waals surface area contributed by atoms with Gasteiger partial charge in [0, 0.05) is 32.2 Å². The molecule has 0 spiro atoms. The van der Waals surface area contributed by atoms with Gasteiger partial charge in [0.25, 0.3) is 0 Å². The van der Waals surface area contributed by atoms with Gasteiger partial charge in [-0.3, -0.25) is 9.69 Å². The minimum atomic E-state index is -0.0261. The number of morpholine rings is 1. The van der Waals surface area contributed by atoms with E-state index in [2.05, 4.69) is 44.5 Å². The molecular formula is C22H26N4O3S. The predicted octanol–water partition coefficient (Wildman–Crippen LogP) is 2.68. The SMILES string of the molecule is COc1ccc2nc(SCC(=O)NC[C@H]3CN(Cc4ccccc4)CCO3)[nH]c2c1. The molecule has 7 nitrogen and oxygen atoms in total. The molecule has 1 saturated heterocycles. The van der Waals surface area contributed by atoms with Gasteiger partial charge < -0.3 is 19.8 Å². The number of ether oxygens (including phenoxy) is 2. The number of thioether (sulfide) groups is 1. The topological polar surface area (TPSA) is 79.5 Å². The third kappa shape index (κ3) is 5.53. The molecule has 2 N–H and O–H groups in total. The Balaban J connectivity index is 1.21. The predicted molar refractivity (Wildman–Crippen MR) is 118 cm³/mol. The zero-order valence-electron chi connectivity index (χ0n) is 17.0. The van der Waals surface area contributed by atoms with Gasteiger partial charge in [-0.15, -0.1) is 0 Å². The largest absolute Gasteiger partial charge is 0.497 e. The number of hydrogen-bond acceptors (Lipinski definition) is 6. The molecule has 158 valence electrons. The summed E-state index contributed by atoms with van der Waals surface area (Å²) in [5.41, 5.74) is 3.04. The summed E-state index contributed by atoms with van der Waals surface area (Å²) in [4.78, 5) is 22.4. The average Bonchev–Trinajstić information content (AvgIpc) is 3.19. The van der Waals surface area contributed by atoms with Crippen molar-refractivity contribution in [2.45, 2.75) is 17.8 Å². The van der Waals surface area contributed by atoms with E-state index in [1.807, 2.05) is 24.3 Å². The standard InChI is InChI=1S/C22H26N4O3S/c1-28-17-7-8-19-20(11-17)25-22(24-19)30-15-21(27)23-12-18-14-26(9-10-29-18)13-16-5-3-2-4-6-16/h2-8,11,18H,9-10,12-15H2,1H3,(H,23,27)(H,24,25)/t18-/m0/s1. The Hall–Kier alpha value is -2.55. The minimum absolute atomic E-state index is 0.00933. The van der Waals surface area contributed by atoms with Crippen molar-refractivity contribution >= 4 is 28.7 Å². The van der Waals surface area contributed by atoms with E-state index in [9.17, 15) is 4.79 Å². The van der Waals surface area contributed by atoms with E-state index in [0.717, 1.165) is 41.6 Å². The van der Waals surface area contributed by atoms with E-state index in [1.165, 1.54) is 17.3 Å². The molecule has 2 heterocycles. The van der Waals surface area contributed by atoms with Gasteiger partial charge in [-0.1, -0.05) is 42.1 Å². The number of H-pyrrole nitrogens is 1. The van der Waals surface area contributed by atoms with Crippen LogP contribution in [-0.4, -0.2) is 66.0 Å². The summed E-state index contributed by atoms with van der Waals surface area (Å²) in [6.45, 7) is 3.83. The van der Waals surface area contributed by atoms with Crippen LogP contribution in [0, 0.1) is 0 Å². The number of methoxy groups -OCH3 is 1. The number of nitrogens with one attached hydrogen (secondary N) is 2. The maximum absolute atomic E-state index is 12.3. The number of nitrogens with zero attached hydrogens (tertiary/aromatic N) is 2. The van der Waals surface area contributed by atoms with Crippen LogP contribution in [0.3, 0.4) is 0 Å². The number of fused-ring (bicyclic) bond motifs is 1. The quantitative estimate of drug-likeness (QED) is 0.539. The highest BCUT2D eigenvalue weighted by atomic mass is 32.2. The monoisotopic (exact) mass is 426 g/mol. The van der Waals surface area contributed by atoms with Crippen molar-refractivity contribution in [2.24, 2.45) is 0 Å². The van der Waals surface area contributed by atoms with E-state index in [-0.39, 0.29) is 12.0 Å². The van der Waals surface area contributed by atoms with Crippen molar-refractivity contribution in [3.05, 3.63) is 54.1 Å². The van der Waals surface area contributed by atoms with Crippen molar-refractivity contribution in [3.63, 3.8) is 0 Å². The summed E-state index contributed by atoms with van der Waals surface area (Å²) < 4.78 is 11.1. The highest BCUT2D eigenvalue weighted by Crippen LogP contribution is 2.23. The molecule has 0 radical (unpaired) electrons. The summed E-state index contributed by atoms with van der Waals surface area (Å²) >= 11 is 1.39. The molecular weight excluding hydrogens is 400 g/mol. The second-order valence-corrected chi connectivity index (χ2v) is 8.20. The van der Waals surface area contributed by atoms with Gasteiger partial charge in [0.05, 0.1) is 36.6 Å². The van der Waals surface area contributed by atoms with Crippen LogP contribution in [0.1, 0.15) is 5.56 Å². The molecule has 2 aromatic carbocycles. The Morgan fingerprint density at radius 2 is 2.20 bits per heavy atom. The molecule has 4 rings (SSSR count). The molecule has 1 aliphatic rings. The Bertz CT molecular complexity index is 979. The van der Waals surface area contributed by atoms with Crippen molar-refractivity contribution in [1.29, 1.82) is 0 Å². The maximum Gasteiger partial charge on any atom is 0.230 e. The lowest BCUT2D eigenvalue weighted by Gasteiger charge is -2.33. The zero-order chi connectivity index (χ0) is 20.8. The Morgan fingerprint density at radius 1 is 1.33 bits per heavy atom. The summed E-state index contributed by atoms with van der Waals surface area (Å²) in [5.74, 6) is 1.05. The molecule has 1 aliphatic heterocycles. The molecule has 8 heteroatoms. The third-order valence-electron chi connectivity index (χ3n) is 5.01. The third-order valence-corrected chi connectivity index (χ3v) is 5.88. The van der Waals surface area contributed by atoms with Gasteiger partial charge in [-0.05, 0) is 17.7 Å². The minimum Gasteiger partial charge on any atom is -0.497 e. The lowest BCUT2D eigenvalue weighted by Crippen LogP contribution is -2.47. The van der Waals surface area contributed by atoms with E-state index in [0.29, 0.717) is 18.9 Å². The number of carbonyl (C=O) groups excluding carboxylic acids is 1. The van der Waals surface area contributed by atoms with Crippen molar-refractivity contribution < 1.29 is 14.3 Å². The molecule has 30 heavy (non-hydrogen) atoms. The molecule has 1 amide bonds. The first-order valence-electron chi connectivity index (χ1n) is 10.0. The van der Waals surface area contributed by atoms with Gasteiger partial charge in [-0.25, -0.2) is 4.98 Å². The fraction of sp³-hybridized carbons (Fsp3) is 0.364. The Kier molecular flexibility index (Phi) is 6.88. The molecule has 0 bridgehead atoms. The van der Waals surface area contributed by atoms with Crippen LogP contribution in [0.4, 0.5) is 0 Å². The van der Waals surface area contributed by atoms with Crippen LogP contribution in [0.2, 0.25) is 0 Å². The molecule has 0 aliphatic carbocycles. The van der Waals surface area contributed by atoms with Gasteiger partial charge in [-0.2, -0.15) is 0 Å². The van der Waals surface area contributed by atoms with E-state index >= 15 is 0 Å². The van der Waals surface area contributed by atoms with Crippen LogP contribution < -0.4 is 10.1 Å². The smallest absolute Gasteiger partial charge is 0.230 e. The number of benzene rings is 2. The first-order chi connectivity index (χ1) is 14.7. The second kappa shape index (κ2) is 9.97. The number of aromatic amines is 1. The Morgan fingerprint density at radius 3 is 3.03 bits per heavy atom. The summed E-state index contributed by atoms with van der Waals surface area (Å²) in [6.07, 6.45) is 0.00933. The van der Waals surface area contributed by atoms with Crippen LogP contribution >= 0.6 is 11.8 Å². The highest BCUT2D eigenvalue weighted by Gasteiger charge is 2.21. The number of hydrogen-bond donors (Lipinski definition) is 2. The first-order valence-corrected chi connectivity index (χ1v) is 11.0. The molecule has 3 aromatic rings. The Labute approximate surface area is 180 Å². The summed E-state index contributed by atoms with van der Waals surface area (Å²) in [6, 6.07) is 16.1. The number of aromatic nitrogens is 2. The van der Waals surface area contributed by atoms with Gasteiger partial charge in [0.1, 0.15) is 5.75 Å².